The average Bonchev–Trinajstić information content (AvgIpc) is 2.82. The molecule has 0 bridgehead atoms. The summed E-state index contributed by atoms with van der Waals surface area (Å²) in [6, 6.07) is 3.88. The third-order valence-corrected chi connectivity index (χ3v) is 6.17. The molecule has 4 rings (SSSR count). The van der Waals surface area contributed by atoms with Gasteiger partial charge in [0.2, 0.25) is 0 Å². The van der Waals surface area contributed by atoms with Crippen molar-refractivity contribution in [1.82, 2.24) is 0 Å². The zero-order valence-corrected chi connectivity index (χ0v) is 13.2. The molecular weight excluding hydrogens is 276 g/mol. The van der Waals surface area contributed by atoms with Crippen molar-refractivity contribution < 1.29 is 14.6 Å². The Morgan fingerprint density at radius 1 is 1.27 bits per heavy atom. The second kappa shape index (κ2) is 4.61. The van der Waals surface area contributed by atoms with E-state index < -0.39 is 0 Å². The van der Waals surface area contributed by atoms with Gasteiger partial charge in [-0.05, 0) is 67.7 Å². The molecule has 0 saturated heterocycles. The lowest BCUT2D eigenvalue weighted by molar-refractivity contribution is -0.125. The van der Waals surface area contributed by atoms with Crippen LogP contribution >= 0.6 is 0 Å². The van der Waals surface area contributed by atoms with E-state index in [1.54, 1.807) is 7.11 Å². The Balaban J connectivity index is 1.77. The van der Waals surface area contributed by atoms with Gasteiger partial charge >= 0.3 is 0 Å². The third-order valence-electron chi connectivity index (χ3n) is 6.17. The van der Waals surface area contributed by atoms with Crippen molar-refractivity contribution in [2.75, 3.05) is 7.11 Å². The molecule has 3 aliphatic rings. The minimum atomic E-state index is -0.209. The Hall–Kier alpha value is -1.77. The van der Waals surface area contributed by atoms with Crippen LogP contribution in [0.5, 0.6) is 11.5 Å². The first-order chi connectivity index (χ1) is 10.5. The van der Waals surface area contributed by atoms with E-state index in [1.807, 2.05) is 12.1 Å². The summed E-state index contributed by atoms with van der Waals surface area (Å²) in [5, 5.41) is 10.0. The van der Waals surface area contributed by atoms with E-state index in [-0.39, 0.29) is 11.2 Å². The summed E-state index contributed by atoms with van der Waals surface area (Å²) in [6.45, 7) is 2.14. The van der Waals surface area contributed by atoms with Gasteiger partial charge in [-0.1, -0.05) is 11.6 Å². The number of rotatable bonds is 1. The Morgan fingerprint density at radius 2 is 2.09 bits per heavy atom. The van der Waals surface area contributed by atoms with Gasteiger partial charge in [-0.3, -0.25) is 4.79 Å². The maximum absolute atomic E-state index is 12.3. The monoisotopic (exact) mass is 298 g/mol. The highest BCUT2D eigenvalue weighted by molar-refractivity contribution is 5.92. The molecule has 22 heavy (non-hydrogen) atoms. The minimum absolute atomic E-state index is 0.209. The van der Waals surface area contributed by atoms with Crippen molar-refractivity contribution in [3.8, 4) is 11.5 Å². The van der Waals surface area contributed by atoms with Crippen molar-refractivity contribution in [1.29, 1.82) is 0 Å². The number of Topliss-reactive ketones (excluding diaryl/α,β-unsaturated/α-hetero) is 1. The maximum Gasteiger partial charge on any atom is 0.160 e. The molecule has 116 valence electrons. The third kappa shape index (κ3) is 1.71. The van der Waals surface area contributed by atoms with Crippen molar-refractivity contribution in [2.24, 2.45) is 11.3 Å². The van der Waals surface area contributed by atoms with E-state index in [1.165, 1.54) is 16.7 Å². The Morgan fingerprint density at radius 3 is 2.86 bits per heavy atom. The number of carbonyl (C=O) groups excluding carboxylic acids is 1. The number of phenols is 1. The molecule has 2 unspecified atom stereocenters. The molecule has 1 saturated carbocycles. The molecule has 0 spiro atoms. The van der Waals surface area contributed by atoms with Crippen LogP contribution in [0.3, 0.4) is 0 Å². The number of aryl methyl sites for hydroxylation is 1. The van der Waals surface area contributed by atoms with Crippen LogP contribution < -0.4 is 4.74 Å². The summed E-state index contributed by atoms with van der Waals surface area (Å²) in [5.74, 6) is 2.13. The van der Waals surface area contributed by atoms with Gasteiger partial charge < -0.3 is 9.84 Å². The molecule has 1 aromatic carbocycles. The number of aromatic hydroxyl groups is 1. The van der Waals surface area contributed by atoms with Crippen LogP contribution in [-0.4, -0.2) is 18.0 Å². The van der Waals surface area contributed by atoms with Gasteiger partial charge in [-0.25, -0.2) is 0 Å². The Labute approximate surface area is 131 Å². The maximum atomic E-state index is 12.3. The second-order valence-corrected chi connectivity index (χ2v) is 7.13. The van der Waals surface area contributed by atoms with Crippen LogP contribution in [0.2, 0.25) is 0 Å². The van der Waals surface area contributed by atoms with Crippen molar-refractivity contribution in [3.63, 3.8) is 0 Å². The number of hydrogen-bond acceptors (Lipinski definition) is 3. The highest BCUT2D eigenvalue weighted by atomic mass is 16.5. The van der Waals surface area contributed by atoms with Gasteiger partial charge in [0.05, 0.1) is 7.11 Å². The summed E-state index contributed by atoms with van der Waals surface area (Å²) in [6.07, 6.45) is 6.85. The van der Waals surface area contributed by atoms with E-state index in [0.29, 0.717) is 29.8 Å². The van der Waals surface area contributed by atoms with E-state index in [4.69, 9.17) is 4.74 Å². The lowest BCUT2D eigenvalue weighted by Crippen LogP contribution is -2.38. The van der Waals surface area contributed by atoms with Crippen molar-refractivity contribution in [3.05, 3.63) is 34.9 Å². The molecule has 3 atom stereocenters. The Bertz CT molecular complexity index is 688. The zero-order chi connectivity index (χ0) is 15.5. The first kappa shape index (κ1) is 13.9. The number of benzene rings is 1. The molecule has 1 N–H and O–H groups in total. The van der Waals surface area contributed by atoms with Crippen LogP contribution in [0.1, 0.15) is 49.7 Å². The zero-order valence-electron chi connectivity index (χ0n) is 13.2. The number of methoxy groups -OCH3 is 1. The Kier molecular flexibility index (Phi) is 2.91. The van der Waals surface area contributed by atoms with Crippen molar-refractivity contribution in [2.45, 2.75) is 44.9 Å². The molecule has 0 aliphatic heterocycles. The average molecular weight is 298 g/mol. The van der Waals surface area contributed by atoms with Crippen LogP contribution in [0.15, 0.2) is 23.8 Å². The fourth-order valence-corrected chi connectivity index (χ4v) is 4.91. The van der Waals surface area contributed by atoms with Crippen LogP contribution in [0.4, 0.5) is 0 Å². The number of fused-ring (bicyclic) bond motifs is 5. The number of ketones is 1. The standard InChI is InChI=1S/C19H22O3/c1-19-8-7-12-13(15(19)5-6-18(19)21)4-3-11-9-16(20)17(22-2)10-14(11)12/h5,9-10,12-13,20H,3-4,6-8H2,1-2H3/t12?,13?,19-/m0/s1. The molecule has 1 fully saturated rings. The van der Waals surface area contributed by atoms with Crippen LogP contribution in [-0.2, 0) is 11.2 Å². The second-order valence-electron chi connectivity index (χ2n) is 7.13. The molecular formula is C19H22O3. The van der Waals surface area contributed by atoms with Crippen LogP contribution in [0, 0.1) is 11.3 Å². The highest BCUT2D eigenvalue weighted by Crippen LogP contribution is 2.57. The van der Waals surface area contributed by atoms with E-state index >= 15 is 0 Å². The van der Waals surface area contributed by atoms with Gasteiger partial charge in [-0.15, -0.1) is 0 Å². The van der Waals surface area contributed by atoms with Crippen molar-refractivity contribution >= 4 is 5.78 Å². The fraction of sp³-hybridized carbons (Fsp3) is 0.526. The summed E-state index contributed by atoms with van der Waals surface area (Å²) >= 11 is 0. The van der Waals surface area contributed by atoms with E-state index in [2.05, 4.69) is 13.0 Å². The summed E-state index contributed by atoms with van der Waals surface area (Å²) < 4.78 is 5.30. The minimum Gasteiger partial charge on any atom is -0.504 e. The first-order valence-corrected chi connectivity index (χ1v) is 8.18. The normalized spacial score (nSPS) is 32.8. The molecule has 1 aromatic rings. The van der Waals surface area contributed by atoms with Crippen LogP contribution in [0.25, 0.3) is 0 Å². The summed E-state index contributed by atoms with van der Waals surface area (Å²) in [4.78, 5) is 12.3. The SMILES string of the molecule is COc1cc2c(cc1O)CCC1C3=CCC(=O)[C@@]3(C)CCC21. The van der Waals surface area contributed by atoms with Gasteiger partial charge in [0.25, 0.3) is 0 Å². The largest absolute Gasteiger partial charge is 0.504 e. The number of phenolic OH excluding ortho intramolecular Hbond substituents is 1. The van der Waals surface area contributed by atoms with Gasteiger partial charge in [0, 0.05) is 11.8 Å². The predicted octanol–water partition coefficient (Wildman–Crippen LogP) is 3.75. The lowest BCUT2D eigenvalue weighted by Gasteiger charge is -2.45. The smallest absolute Gasteiger partial charge is 0.160 e. The molecule has 3 nitrogen and oxygen atoms in total. The van der Waals surface area contributed by atoms with E-state index in [9.17, 15) is 9.90 Å². The molecule has 0 aromatic heterocycles. The molecule has 3 aliphatic carbocycles. The number of allylic oxidation sites excluding steroid dienone is 2. The highest BCUT2D eigenvalue weighted by Gasteiger charge is 2.50. The number of carbonyl (C=O) groups is 1. The quantitative estimate of drug-likeness (QED) is 0.803. The molecule has 0 radical (unpaired) electrons. The van der Waals surface area contributed by atoms with Gasteiger partial charge in [0.15, 0.2) is 11.5 Å². The number of hydrogen-bond donors (Lipinski definition) is 1. The number of ether oxygens (including phenoxy) is 1. The molecule has 0 heterocycles. The topological polar surface area (TPSA) is 46.5 Å². The van der Waals surface area contributed by atoms with E-state index in [0.717, 1.165) is 25.7 Å². The predicted molar refractivity (Wildman–Crippen MR) is 84.3 cm³/mol. The fourth-order valence-electron chi connectivity index (χ4n) is 4.91. The molecule has 0 amide bonds. The molecule has 3 heteroatoms. The van der Waals surface area contributed by atoms with Gasteiger partial charge in [-0.2, -0.15) is 0 Å². The lowest BCUT2D eigenvalue weighted by atomic mass is 9.58. The summed E-state index contributed by atoms with van der Waals surface area (Å²) in [7, 11) is 1.60. The summed E-state index contributed by atoms with van der Waals surface area (Å²) in [5.41, 5.74) is 3.73. The van der Waals surface area contributed by atoms with Gasteiger partial charge in [0.1, 0.15) is 5.78 Å². The first-order valence-electron chi connectivity index (χ1n) is 8.18.